The predicted octanol–water partition coefficient (Wildman–Crippen LogP) is 4.97. The third-order valence-electron chi connectivity index (χ3n) is 3.88. The lowest BCUT2D eigenvalue weighted by Crippen LogP contribution is -2.01. The first kappa shape index (κ1) is 15.9. The highest BCUT2D eigenvalue weighted by molar-refractivity contribution is 5.40. The maximum atomic E-state index is 10.1. The van der Waals surface area contributed by atoms with E-state index in [1.807, 2.05) is 54.6 Å². The molecule has 24 heavy (non-hydrogen) atoms. The van der Waals surface area contributed by atoms with Gasteiger partial charge in [-0.2, -0.15) is 0 Å². The van der Waals surface area contributed by atoms with Gasteiger partial charge in [0.1, 0.15) is 11.5 Å². The Morgan fingerprint density at radius 2 is 1.71 bits per heavy atom. The fourth-order valence-electron chi connectivity index (χ4n) is 2.52. The van der Waals surface area contributed by atoms with Gasteiger partial charge in [-0.15, -0.1) is 0 Å². The zero-order valence-corrected chi connectivity index (χ0v) is 13.6. The number of hydrogen-bond acceptors (Lipinski definition) is 3. The van der Waals surface area contributed by atoms with Gasteiger partial charge >= 0.3 is 0 Å². The van der Waals surface area contributed by atoms with Gasteiger partial charge in [0, 0.05) is 5.57 Å². The molecule has 0 heterocycles. The number of benzene rings is 2. The van der Waals surface area contributed by atoms with Gasteiger partial charge in [0.15, 0.2) is 0 Å². The highest BCUT2D eigenvalue weighted by Gasteiger charge is 2.09. The van der Waals surface area contributed by atoms with Crippen molar-refractivity contribution >= 4 is 0 Å². The standard InChI is InChI=1S/C21H20O3/c1-23-19-13-9-17(10-14-19)15-16-7-11-18(12-8-16)21(22)24-20-5-3-2-4-6-20/h2-11,13-14,22H,12,15H2,1H3. The van der Waals surface area contributed by atoms with Crippen LogP contribution in [-0.2, 0) is 6.42 Å². The Morgan fingerprint density at radius 1 is 0.958 bits per heavy atom. The second kappa shape index (κ2) is 7.55. The minimum atomic E-state index is -0.0443. The van der Waals surface area contributed by atoms with E-state index in [4.69, 9.17) is 9.47 Å². The number of para-hydroxylation sites is 1. The number of ether oxygens (including phenoxy) is 2. The molecule has 1 aliphatic rings. The molecule has 0 spiro atoms. The fourth-order valence-corrected chi connectivity index (χ4v) is 2.52. The Hall–Kier alpha value is -2.94. The van der Waals surface area contributed by atoms with E-state index in [0.29, 0.717) is 12.2 Å². The van der Waals surface area contributed by atoms with Crippen LogP contribution in [0.25, 0.3) is 0 Å². The number of aliphatic hydroxyl groups excluding tert-OH is 1. The fraction of sp³-hybridized carbons (Fsp3) is 0.143. The van der Waals surface area contributed by atoms with Crippen LogP contribution < -0.4 is 9.47 Å². The van der Waals surface area contributed by atoms with Crippen molar-refractivity contribution in [1.82, 2.24) is 0 Å². The van der Waals surface area contributed by atoms with Crippen molar-refractivity contribution in [2.24, 2.45) is 0 Å². The summed E-state index contributed by atoms with van der Waals surface area (Å²) in [6.07, 6.45) is 7.56. The molecule has 3 rings (SSSR count). The van der Waals surface area contributed by atoms with E-state index in [0.717, 1.165) is 17.7 Å². The van der Waals surface area contributed by atoms with Crippen molar-refractivity contribution in [3.63, 3.8) is 0 Å². The highest BCUT2D eigenvalue weighted by Crippen LogP contribution is 2.23. The molecule has 0 atom stereocenters. The van der Waals surface area contributed by atoms with Gasteiger partial charge in [0.05, 0.1) is 7.11 Å². The topological polar surface area (TPSA) is 38.7 Å². The van der Waals surface area contributed by atoms with Crippen molar-refractivity contribution in [3.05, 3.63) is 95.5 Å². The first-order valence-electron chi connectivity index (χ1n) is 7.89. The molecule has 0 unspecified atom stereocenters. The van der Waals surface area contributed by atoms with Crippen LogP contribution in [0, 0.1) is 0 Å². The summed E-state index contributed by atoms with van der Waals surface area (Å²) in [6, 6.07) is 17.3. The third kappa shape index (κ3) is 4.07. The Bertz CT molecular complexity index is 768. The molecule has 2 aromatic carbocycles. The van der Waals surface area contributed by atoms with Gasteiger partial charge < -0.3 is 14.6 Å². The summed E-state index contributed by atoms with van der Waals surface area (Å²) in [5.74, 6) is 1.45. The molecule has 2 aromatic rings. The lowest BCUT2D eigenvalue weighted by Gasteiger charge is -2.12. The van der Waals surface area contributed by atoms with Gasteiger partial charge in [-0.25, -0.2) is 0 Å². The number of rotatable bonds is 5. The Balaban J connectivity index is 1.63. The van der Waals surface area contributed by atoms with E-state index in [-0.39, 0.29) is 5.95 Å². The molecule has 122 valence electrons. The van der Waals surface area contributed by atoms with E-state index in [9.17, 15) is 5.11 Å². The minimum Gasteiger partial charge on any atom is -0.497 e. The summed E-state index contributed by atoms with van der Waals surface area (Å²) in [4.78, 5) is 0. The first-order valence-corrected chi connectivity index (χ1v) is 7.89. The van der Waals surface area contributed by atoms with Crippen LogP contribution in [0.1, 0.15) is 12.0 Å². The van der Waals surface area contributed by atoms with E-state index in [1.165, 1.54) is 11.1 Å². The molecule has 0 fully saturated rings. The Morgan fingerprint density at radius 3 is 2.33 bits per heavy atom. The van der Waals surface area contributed by atoms with Gasteiger partial charge in [0.2, 0.25) is 0 Å². The molecular formula is C21H20O3. The monoisotopic (exact) mass is 320 g/mol. The molecule has 0 bridgehead atoms. The maximum Gasteiger partial charge on any atom is 0.285 e. The largest absolute Gasteiger partial charge is 0.497 e. The van der Waals surface area contributed by atoms with Crippen molar-refractivity contribution in [3.8, 4) is 11.5 Å². The SMILES string of the molecule is COc1ccc(CC2=CCC(=C(O)Oc3ccccc3)C=C2)cc1. The third-order valence-corrected chi connectivity index (χ3v) is 3.88. The zero-order valence-electron chi connectivity index (χ0n) is 13.6. The molecule has 1 N–H and O–H groups in total. The van der Waals surface area contributed by atoms with Crippen molar-refractivity contribution in [1.29, 1.82) is 0 Å². The second-order valence-corrected chi connectivity index (χ2v) is 5.59. The van der Waals surface area contributed by atoms with E-state index >= 15 is 0 Å². The number of aliphatic hydroxyl groups is 1. The molecule has 3 heteroatoms. The molecule has 0 saturated heterocycles. The van der Waals surface area contributed by atoms with Crippen LogP contribution in [0.15, 0.2) is 89.9 Å². The summed E-state index contributed by atoms with van der Waals surface area (Å²) < 4.78 is 10.6. The summed E-state index contributed by atoms with van der Waals surface area (Å²) in [5.41, 5.74) is 3.22. The summed E-state index contributed by atoms with van der Waals surface area (Å²) in [5, 5.41) is 10.1. The highest BCUT2D eigenvalue weighted by atomic mass is 16.6. The number of methoxy groups -OCH3 is 1. The summed E-state index contributed by atoms with van der Waals surface area (Å²) in [7, 11) is 1.67. The molecule has 0 aliphatic heterocycles. The van der Waals surface area contributed by atoms with Crippen molar-refractivity contribution < 1.29 is 14.6 Å². The zero-order chi connectivity index (χ0) is 16.8. The van der Waals surface area contributed by atoms with Crippen LogP contribution in [0.2, 0.25) is 0 Å². The lowest BCUT2D eigenvalue weighted by molar-refractivity contribution is 0.203. The number of allylic oxidation sites excluding steroid dienone is 5. The maximum absolute atomic E-state index is 10.1. The molecule has 1 aliphatic carbocycles. The minimum absolute atomic E-state index is 0.0443. The van der Waals surface area contributed by atoms with Crippen molar-refractivity contribution in [2.75, 3.05) is 7.11 Å². The summed E-state index contributed by atoms with van der Waals surface area (Å²) >= 11 is 0. The van der Waals surface area contributed by atoms with Crippen LogP contribution >= 0.6 is 0 Å². The molecule has 0 aromatic heterocycles. The normalized spacial score (nSPS) is 15.6. The lowest BCUT2D eigenvalue weighted by atomic mass is 9.97. The van der Waals surface area contributed by atoms with Gasteiger partial charge in [-0.1, -0.05) is 48.6 Å². The van der Waals surface area contributed by atoms with Gasteiger partial charge in [-0.3, -0.25) is 0 Å². The molecule has 0 radical (unpaired) electrons. The van der Waals surface area contributed by atoms with Crippen LogP contribution in [0.5, 0.6) is 11.5 Å². The number of hydrogen-bond donors (Lipinski definition) is 1. The van der Waals surface area contributed by atoms with Crippen molar-refractivity contribution in [2.45, 2.75) is 12.8 Å². The molecular weight excluding hydrogens is 300 g/mol. The smallest absolute Gasteiger partial charge is 0.285 e. The molecule has 3 nitrogen and oxygen atoms in total. The van der Waals surface area contributed by atoms with Gasteiger partial charge in [-0.05, 0) is 48.2 Å². The molecule has 0 saturated carbocycles. The van der Waals surface area contributed by atoms with Gasteiger partial charge in [0.25, 0.3) is 5.95 Å². The summed E-state index contributed by atoms with van der Waals surface area (Å²) in [6.45, 7) is 0. The van der Waals surface area contributed by atoms with E-state index < -0.39 is 0 Å². The Labute approximate surface area is 142 Å². The predicted molar refractivity (Wildman–Crippen MR) is 95.3 cm³/mol. The second-order valence-electron chi connectivity index (χ2n) is 5.59. The average Bonchev–Trinajstić information content (AvgIpc) is 2.64. The molecule has 0 amide bonds. The van der Waals surface area contributed by atoms with E-state index in [2.05, 4.69) is 18.2 Å². The van der Waals surface area contributed by atoms with E-state index in [1.54, 1.807) is 7.11 Å². The van der Waals surface area contributed by atoms with Crippen LogP contribution in [0.3, 0.4) is 0 Å². The van der Waals surface area contributed by atoms with Crippen LogP contribution in [-0.4, -0.2) is 12.2 Å². The average molecular weight is 320 g/mol. The quantitative estimate of drug-likeness (QED) is 0.790. The first-order chi connectivity index (χ1) is 11.7. The van der Waals surface area contributed by atoms with Crippen LogP contribution in [0.4, 0.5) is 0 Å². The Kier molecular flexibility index (Phi) is 5.02.